The quantitative estimate of drug-likeness (QED) is 0.760. The molecule has 0 bridgehead atoms. The number of β-amino-alcohol motifs (C(OH)–C–C–N with tert-alkyl or cyclic N) is 1. The van der Waals surface area contributed by atoms with Crippen LogP contribution in [0.3, 0.4) is 0 Å². The summed E-state index contributed by atoms with van der Waals surface area (Å²) in [5.41, 5.74) is 0. The van der Waals surface area contributed by atoms with Crippen LogP contribution in [0.25, 0.3) is 0 Å². The van der Waals surface area contributed by atoms with Crippen LogP contribution in [0, 0.1) is 6.92 Å². The monoisotopic (exact) mass is 310 g/mol. The Morgan fingerprint density at radius 3 is 2.91 bits per heavy atom. The first-order valence-electron chi connectivity index (χ1n) is 7.57. The molecule has 22 heavy (non-hydrogen) atoms. The maximum Gasteiger partial charge on any atom is 0.239 e. The number of hydrogen-bond acceptors (Lipinski definition) is 7. The number of aromatic nitrogens is 1. The van der Waals surface area contributed by atoms with Crippen LogP contribution in [0.4, 0.5) is 5.82 Å². The summed E-state index contributed by atoms with van der Waals surface area (Å²) >= 11 is 0. The van der Waals surface area contributed by atoms with Gasteiger partial charge >= 0.3 is 0 Å². The summed E-state index contributed by atoms with van der Waals surface area (Å²) in [7, 11) is 0. The van der Waals surface area contributed by atoms with Gasteiger partial charge < -0.3 is 19.7 Å². The first-order chi connectivity index (χ1) is 10.6. The largest absolute Gasteiger partial charge is 0.390 e. The number of ether oxygens (including phenoxy) is 1. The molecule has 1 aromatic heterocycles. The number of likely N-dealkylation sites (tertiary alicyclic amines) is 1. The number of nitrogens with one attached hydrogen (secondary N) is 1. The molecule has 2 saturated heterocycles. The summed E-state index contributed by atoms with van der Waals surface area (Å²) in [6.07, 6.45) is -0.430. The van der Waals surface area contributed by atoms with E-state index in [1.54, 1.807) is 13.0 Å². The first kappa shape index (κ1) is 15.4. The number of carbonyl (C=O) groups excluding carboxylic acids is 1. The van der Waals surface area contributed by atoms with E-state index in [9.17, 15) is 9.90 Å². The molecule has 0 unspecified atom stereocenters. The lowest BCUT2D eigenvalue weighted by Crippen LogP contribution is -2.49. The number of aliphatic hydroxyl groups is 1. The minimum Gasteiger partial charge on any atom is -0.390 e. The third-order valence-electron chi connectivity index (χ3n) is 4.11. The standard InChI is InChI=1S/C14H22N4O4/c1-10-6-13(16-22-10)15-14(20)9-17-7-11(12(19)8-17)18-2-4-21-5-3-18/h6,11-12,19H,2-5,7-9H2,1H3,(H,15,16,20)/t11-,12-/m0/s1. The third-order valence-corrected chi connectivity index (χ3v) is 4.11. The number of morpholine rings is 1. The SMILES string of the molecule is Cc1cc(NC(=O)CN2C[C@H](O)[C@@H](N3CCOCC3)C2)no1. The number of nitrogens with zero attached hydrogens (tertiary/aromatic N) is 3. The molecule has 0 aromatic carbocycles. The van der Waals surface area contributed by atoms with Crippen molar-refractivity contribution in [2.45, 2.75) is 19.1 Å². The number of rotatable bonds is 4. The molecule has 2 N–H and O–H groups in total. The number of hydrogen-bond donors (Lipinski definition) is 2. The molecule has 8 nitrogen and oxygen atoms in total. The fraction of sp³-hybridized carbons (Fsp3) is 0.714. The topological polar surface area (TPSA) is 91.1 Å². The van der Waals surface area contributed by atoms with E-state index in [4.69, 9.17) is 9.26 Å². The van der Waals surface area contributed by atoms with Crippen LogP contribution in [-0.4, -0.2) is 84.1 Å². The van der Waals surface area contributed by atoms with Gasteiger partial charge in [0.2, 0.25) is 5.91 Å². The summed E-state index contributed by atoms with van der Waals surface area (Å²) in [5, 5.41) is 16.7. The Kier molecular flexibility index (Phi) is 4.72. The Morgan fingerprint density at radius 1 is 1.45 bits per heavy atom. The molecule has 122 valence electrons. The lowest BCUT2D eigenvalue weighted by atomic mass is 10.2. The van der Waals surface area contributed by atoms with E-state index in [2.05, 4.69) is 15.4 Å². The minimum atomic E-state index is -0.430. The van der Waals surface area contributed by atoms with Crippen molar-refractivity contribution in [1.29, 1.82) is 0 Å². The minimum absolute atomic E-state index is 0.0750. The van der Waals surface area contributed by atoms with Crippen LogP contribution in [0.1, 0.15) is 5.76 Å². The van der Waals surface area contributed by atoms with Gasteiger partial charge in [-0.05, 0) is 6.92 Å². The average Bonchev–Trinajstić information content (AvgIpc) is 3.05. The Morgan fingerprint density at radius 2 is 2.23 bits per heavy atom. The predicted molar refractivity (Wildman–Crippen MR) is 78.5 cm³/mol. The second kappa shape index (κ2) is 6.74. The van der Waals surface area contributed by atoms with Crippen molar-refractivity contribution in [3.8, 4) is 0 Å². The van der Waals surface area contributed by atoms with Crippen LogP contribution < -0.4 is 5.32 Å². The van der Waals surface area contributed by atoms with Gasteiger partial charge in [-0.2, -0.15) is 0 Å². The zero-order valence-electron chi connectivity index (χ0n) is 12.7. The highest BCUT2D eigenvalue weighted by molar-refractivity contribution is 5.91. The van der Waals surface area contributed by atoms with Crippen LogP contribution in [0.15, 0.2) is 10.6 Å². The van der Waals surface area contributed by atoms with Crippen molar-refractivity contribution in [1.82, 2.24) is 15.0 Å². The molecule has 1 amide bonds. The summed E-state index contributed by atoms with van der Waals surface area (Å²) in [6, 6.07) is 1.75. The van der Waals surface area contributed by atoms with Gasteiger partial charge in [-0.15, -0.1) is 0 Å². The van der Waals surface area contributed by atoms with E-state index in [1.165, 1.54) is 0 Å². The molecule has 3 heterocycles. The Bertz CT molecular complexity index is 515. The molecule has 8 heteroatoms. The van der Waals surface area contributed by atoms with E-state index < -0.39 is 6.10 Å². The van der Waals surface area contributed by atoms with Gasteiger partial charge in [0.1, 0.15) is 5.76 Å². The summed E-state index contributed by atoms with van der Waals surface area (Å²) in [6.45, 7) is 6.28. The van der Waals surface area contributed by atoms with Crippen molar-refractivity contribution in [3.63, 3.8) is 0 Å². The zero-order chi connectivity index (χ0) is 15.5. The number of amides is 1. The van der Waals surface area contributed by atoms with Crippen LogP contribution >= 0.6 is 0 Å². The van der Waals surface area contributed by atoms with Crippen molar-refractivity contribution in [2.24, 2.45) is 0 Å². The van der Waals surface area contributed by atoms with Crippen molar-refractivity contribution >= 4 is 11.7 Å². The van der Waals surface area contributed by atoms with Gasteiger partial charge in [-0.25, -0.2) is 0 Å². The Balaban J connectivity index is 1.50. The fourth-order valence-electron chi connectivity index (χ4n) is 3.05. The molecule has 0 radical (unpaired) electrons. The normalized spacial score (nSPS) is 27.2. The first-order valence-corrected chi connectivity index (χ1v) is 7.57. The van der Waals surface area contributed by atoms with E-state index in [-0.39, 0.29) is 18.5 Å². The zero-order valence-corrected chi connectivity index (χ0v) is 12.7. The molecule has 0 spiro atoms. The van der Waals surface area contributed by atoms with E-state index in [0.717, 1.165) is 13.1 Å². The lowest BCUT2D eigenvalue weighted by Gasteiger charge is -2.33. The Labute approximate surface area is 129 Å². The van der Waals surface area contributed by atoms with Gasteiger partial charge in [-0.1, -0.05) is 5.16 Å². The molecule has 2 aliphatic heterocycles. The second-order valence-electron chi connectivity index (χ2n) is 5.85. The highest BCUT2D eigenvalue weighted by Gasteiger charge is 2.36. The molecular weight excluding hydrogens is 288 g/mol. The maximum atomic E-state index is 12.0. The summed E-state index contributed by atoms with van der Waals surface area (Å²) in [5.74, 6) is 0.925. The van der Waals surface area contributed by atoms with Gasteiger partial charge in [0.25, 0.3) is 0 Å². The van der Waals surface area contributed by atoms with Crippen molar-refractivity contribution in [2.75, 3.05) is 51.3 Å². The molecule has 3 rings (SSSR count). The Hall–Kier alpha value is -1.48. The molecular formula is C14H22N4O4. The number of aliphatic hydroxyl groups excluding tert-OH is 1. The number of anilines is 1. The lowest BCUT2D eigenvalue weighted by molar-refractivity contribution is -0.117. The van der Waals surface area contributed by atoms with Gasteiger partial charge in [-0.3, -0.25) is 14.6 Å². The second-order valence-corrected chi connectivity index (χ2v) is 5.85. The van der Waals surface area contributed by atoms with Crippen LogP contribution in [0.5, 0.6) is 0 Å². The molecule has 0 saturated carbocycles. The fourth-order valence-corrected chi connectivity index (χ4v) is 3.05. The molecule has 2 aliphatic rings. The van der Waals surface area contributed by atoms with Gasteiger partial charge in [0, 0.05) is 38.3 Å². The van der Waals surface area contributed by atoms with Gasteiger partial charge in [0.05, 0.1) is 25.9 Å². The molecule has 2 fully saturated rings. The highest BCUT2D eigenvalue weighted by atomic mass is 16.5. The molecule has 2 atom stereocenters. The van der Waals surface area contributed by atoms with Crippen molar-refractivity contribution in [3.05, 3.63) is 11.8 Å². The smallest absolute Gasteiger partial charge is 0.239 e. The summed E-state index contributed by atoms with van der Waals surface area (Å²) in [4.78, 5) is 16.2. The van der Waals surface area contributed by atoms with Crippen molar-refractivity contribution < 1.29 is 19.2 Å². The predicted octanol–water partition coefficient (Wildman–Crippen LogP) is -0.701. The molecule has 0 aliphatic carbocycles. The van der Waals surface area contributed by atoms with E-state index in [0.29, 0.717) is 37.9 Å². The van der Waals surface area contributed by atoms with Crippen LogP contribution in [-0.2, 0) is 9.53 Å². The maximum absolute atomic E-state index is 12.0. The number of aryl methyl sites for hydroxylation is 1. The van der Waals surface area contributed by atoms with Gasteiger partial charge in [0.15, 0.2) is 5.82 Å². The van der Waals surface area contributed by atoms with E-state index in [1.807, 2.05) is 4.90 Å². The average molecular weight is 310 g/mol. The van der Waals surface area contributed by atoms with E-state index >= 15 is 0 Å². The number of carbonyl (C=O) groups is 1. The van der Waals surface area contributed by atoms with Crippen LogP contribution in [0.2, 0.25) is 0 Å². The third kappa shape index (κ3) is 3.64. The summed E-state index contributed by atoms with van der Waals surface area (Å²) < 4.78 is 10.2. The molecule has 1 aromatic rings. The highest BCUT2D eigenvalue weighted by Crippen LogP contribution is 2.17.